The van der Waals surface area contributed by atoms with E-state index in [0.29, 0.717) is 17.4 Å². The Morgan fingerprint density at radius 1 is 1.17 bits per heavy atom. The molecule has 1 heterocycles. The first-order chi connectivity index (χ1) is 8.81. The fourth-order valence-corrected chi connectivity index (χ4v) is 2.20. The number of pyridine rings is 1. The summed E-state index contributed by atoms with van der Waals surface area (Å²) < 4.78 is 0. The fraction of sp³-hybridized carbons (Fsp3) is 0.214. The number of hydrogen-bond donors (Lipinski definition) is 1. The Kier molecular flexibility index (Phi) is 5.00. The SMILES string of the molecule is ClCC(NCc1ccncc1Cl)c1ccccc1. The summed E-state index contributed by atoms with van der Waals surface area (Å²) in [5.41, 5.74) is 2.20. The molecule has 0 spiro atoms. The van der Waals surface area contributed by atoms with Gasteiger partial charge in [0.2, 0.25) is 0 Å². The monoisotopic (exact) mass is 280 g/mol. The molecule has 0 fully saturated rings. The van der Waals surface area contributed by atoms with Crippen LogP contribution >= 0.6 is 23.2 Å². The van der Waals surface area contributed by atoms with E-state index in [4.69, 9.17) is 23.2 Å². The molecule has 94 valence electrons. The summed E-state index contributed by atoms with van der Waals surface area (Å²) in [6.45, 7) is 0.674. The van der Waals surface area contributed by atoms with Crippen LogP contribution in [-0.2, 0) is 6.54 Å². The third-order valence-corrected chi connectivity index (χ3v) is 3.40. The van der Waals surface area contributed by atoms with Crippen molar-refractivity contribution in [2.24, 2.45) is 0 Å². The maximum absolute atomic E-state index is 6.06. The standard InChI is InChI=1S/C14H14Cl2N2/c15-8-14(11-4-2-1-3-5-11)18-9-12-6-7-17-10-13(12)16/h1-7,10,14,18H,8-9H2. The highest BCUT2D eigenvalue weighted by atomic mass is 35.5. The van der Waals surface area contributed by atoms with Gasteiger partial charge in [0.25, 0.3) is 0 Å². The van der Waals surface area contributed by atoms with Crippen LogP contribution in [-0.4, -0.2) is 10.9 Å². The maximum Gasteiger partial charge on any atom is 0.0634 e. The summed E-state index contributed by atoms with van der Waals surface area (Å²) in [6, 6.07) is 12.2. The molecule has 2 aromatic rings. The lowest BCUT2D eigenvalue weighted by Crippen LogP contribution is -2.22. The highest BCUT2D eigenvalue weighted by Gasteiger charge is 2.09. The van der Waals surface area contributed by atoms with Gasteiger partial charge in [-0.1, -0.05) is 41.9 Å². The molecule has 4 heteroatoms. The van der Waals surface area contributed by atoms with Crippen molar-refractivity contribution in [3.63, 3.8) is 0 Å². The zero-order chi connectivity index (χ0) is 12.8. The van der Waals surface area contributed by atoms with Crippen LogP contribution in [0, 0.1) is 0 Å². The number of nitrogens with one attached hydrogen (secondary N) is 1. The summed E-state index contributed by atoms with van der Waals surface area (Å²) in [4.78, 5) is 3.96. The van der Waals surface area contributed by atoms with Crippen molar-refractivity contribution >= 4 is 23.2 Å². The predicted octanol–water partition coefficient (Wildman–Crippen LogP) is 3.80. The van der Waals surface area contributed by atoms with Crippen LogP contribution in [0.2, 0.25) is 5.02 Å². The van der Waals surface area contributed by atoms with Gasteiger partial charge < -0.3 is 5.32 Å². The Morgan fingerprint density at radius 3 is 2.61 bits per heavy atom. The van der Waals surface area contributed by atoms with E-state index in [1.165, 1.54) is 5.56 Å². The van der Waals surface area contributed by atoms with Crippen LogP contribution in [0.1, 0.15) is 17.2 Å². The number of rotatable bonds is 5. The van der Waals surface area contributed by atoms with E-state index in [2.05, 4.69) is 22.4 Å². The first-order valence-corrected chi connectivity index (χ1v) is 6.65. The molecule has 0 saturated carbocycles. The van der Waals surface area contributed by atoms with Crippen LogP contribution in [0.15, 0.2) is 48.8 Å². The zero-order valence-electron chi connectivity index (χ0n) is 9.81. The molecule has 0 saturated heterocycles. The van der Waals surface area contributed by atoms with Gasteiger partial charge in [-0.2, -0.15) is 0 Å². The number of alkyl halides is 1. The molecule has 0 aliphatic heterocycles. The first-order valence-electron chi connectivity index (χ1n) is 5.74. The molecule has 0 aliphatic carbocycles. The summed E-state index contributed by atoms with van der Waals surface area (Å²) in [7, 11) is 0. The van der Waals surface area contributed by atoms with E-state index >= 15 is 0 Å². The second kappa shape index (κ2) is 6.74. The largest absolute Gasteiger partial charge is 0.305 e. The Bertz CT molecular complexity index is 488. The second-order valence-electron chi connectivity index (χ2n) is 3.97. The highest BCUT2D eigenvalue weighted by molar-refractivity contribution is 6.31. The molecule has 2 rings (SSSR count). The van der Waals surface area contributed by atoms with Crippen LogP contribution < -0.4 is 5.32 Å². The molecule has 0 aliphatic rings. The van der Waals surface area contributed by atoms with E-state index in [1.807, 2.05) is 24.3 Å². The van der Waals surface area contributed by atoms with Gasteiger partial charge in [0, 0.05) is 30.9 Å². The molecular weight excluding hydrogens is 267 g/mol. The van der Waals surface area contributed by atoms with Gasteiger partial charge in [-0.3, -0.25) is 4.98 Å². The zero-order valence-corrected chi connectivity index (χ0v) is 11.3. The molecule has 1 N–H and O–H groups in total. The number of aromatic nitrogens is 1. The van der Waals surface area contributed by atoms with Crippen LogP contribution in [0.25, 0.3) is 0 Å². The van der Waals surface area contributed by atoms with Crippen molar-refractivity contribution in [1.29, 1.82) is 0 Å². The smallest absolute Gasteiger partial charge is 0.0634 e. The van der Waals surface area contributed by atoms with Gasteiger partial charge in [-0.15, -0.1) is 11.6 Å². The van der Waals surface area contributed by atoms with Gasteiger partial charge in [-0.25, -0.2) is 0 Å². The average Bonchev–Trinajstić information content (AvgIpc) is 2.42. The van der Waals surface area contributed by atoms with E-state index in [1.54, 1.807) is 12.4 Å². The lowest BCUT2D eigenvalue weighted by atomic mass is 10.1. The van der Waals surface area contributed by atoms with Crippen molar-refractivity contribution in [2.45, 2.75) is 12.6 Å². The second-order valence-corrected chi connectivity index (χ2v) is 4.68. The Labute approximate surface area is 117 Å². The fourth-order valence-electron chi connectivity index (χ4n) is 1.73. The van der Waals surface area contributed by atoms with Crippen molar-refractivity contribution in [3.05, 3.63) is 64.9 Å². The first kappa shape index (κ1) is 13.3. The summed E-state index contributed by atoms with van der Waals surface area (Å²) in [5.74, 6) is 0.521. The van der Waals surface area contributed by atoms with Crippen molar-refractivity contribution in [3.8, 4) is 0 Å². The lowest BCUT2D eigenvalue weighted by molar-refractivity contribution is 0.579. The minimum Gasteiger partial charge on any atom is -0.305 e. The number of nitrogens with zero attached hydrogens (tertiary/aromatic N) is 1. The molecule has 1 unspecified atom stereocenters. The van der Waals surface area contributed by atoms with E-state index in [9.17, 15) is 0 Å². The van der Waals surface area contributed by atoms with E-state index in [-0.39, 0.29) is 6.04 Å². The minimum atomic E-state index is 0.122. The van der Waals surface area contributed by atoms with Gasteiger partial charge in [0.1, 0.15) is 0 Å². The average molecular weight is 281 g/mol. The number of halogens is 2. The van der Waals surface area contributed by atoms with Gasteiger partial charge in [0.05, 0.1) is 5.02 Å². The predicted molar refractivity (Wildman–Crippen MR) is 76.0 cm³/mol. The van der Waals surface area contributed by atoms with Gasteiger partial charge in [0.15, 0.2) is 0 Å². The van der Waals surface area contributed by atoms with Crippen molar-refractivity contribution in [2.75, 3.05) is 5.88 Å². The summed E-state index contributed by atoms with van der Waals surface area (Å²) >= 11 is 12.1. The molecule has 0 amide bonds. The van der Waals surface area contributed by atoms with E-state index < -0.39 is 0 Å². The molecule has 1 aromatic carbocycles. The number of hydrogen-bond acceptors (Lipinski definition) is 2. The summed E-state index contributed by atoms with van der Waals surface area (Å²) in [6.07, 6.45) is 3.39. The van der Waals surface area contributed by atoms with Gasteiger partial charge >= 0.3 is 0 Å². The molecule has 0 radical (unpaired) electrons. The van der Waals surface area contributed by atoms with Crippen LogP contribution in [0.5, 0.6) is 0 Å². The van der Waals surface area contributed by atoms with Gasteiger partial charge in [-0.05, 0) is 17.2 Å². The van der Waals surface area contributed by atoms with Crippen LogP contribution in [0.4, 0.5) is 0 Å². The molecule has 18 heavy (non-hydrogen) atoms. The Hall–Kier alpha value is -1.09. The third-order valence-electron chi connectivity index (χ3n) is 2.75. The quantitative estimate of drug-likeness (QED) is 0.843. The van der Waals surface area contributed by atoms with E-state index in [0.717, 1.165) is 5.56 Å². The normalized spacial score (nSPS) is 12.3. The molecular formula is C14H14Cl2N2. The maximum atomic E-state index is 6.06. The Balaban J connectivity index is 2.02. The topological polar surface area (TPSA) is 24.9 Å². The molecule has 2 nitrogen and oxygen atoms in total. The minimum absolute atomic E-state index is 0.122. The molecule has 0 bridgehead atoms. The van der Waals surface area contributed by atoms with Crippen LogP contribution in [0.3, 0.4) is 0 Å². The number of benzene rings is 1. The molecule has 1 aromatic heterocycles. The third kappa shape index (κ3) is 3.45. The highest BCUT2D eigenvalue weighted by Crippen LogP contribution is 2.17. The lowest BCUT2D eigenvalue weighted by Gasteiger charge is -2.16. The summed E-state index contributed by atoms with van der Waals surface area (Å²) in [5, 5.41) is 4.07. The molecule has 1 atom stereocenters. The van der Waals surface area contributed by atoms with Crippen molar-refractivity contribution < 1.29 is 0 Å². The van der Waals surface area contributed by atoms with Crippen molar-refractivity contribution in [1.82, 2.24) is 10.3 Å². The Morgan fingerprint density at radius 2 is 1.94 bits per heavy atom.